The second kappa shape index (κ2) is 43.9. The maximum absolute atomic E-state index is 14.3. The Morgan fingerprint density at radius 1 is 0.399 bits per heavy atom. The molecule has 2 atom stereocenters. The molecule has 148 heavy (non-hydrogen) atoms. The summed E-state index contributed by atoms with van der Waals surface area (Å²) < 4.78 is 12.1. The van der Waals surface area contributed by atoms with Gasteiger partial charge in [-0.25, -0.2) is 19.2 Å². The van der Waals surface area contributed by atoms with Crippen molar-refractivity contribution in [2.24, 2.45) is 0 Å². The lowest BCUT2D eigenvalue weighted by Crippen LogP contribution is -2.50. The summed E-state index contributed by atoms with van der Waals surface area (Å²) in [5, 5.41) is 60.5. The predicted octanol–water partition coefficient (Wildman–Crippen LogP) is 23.8. The van der Waals surface area contributed by atoms with Crippen molar-refractivity contribution in [3.63, 3.8) is 0 Å². The first-order valence-electron chi connectivity index (χ1n) is 53.1. The Bertz CT molecular complexity index is 6680. The molecule has 8 aliphatic rings. The average molecular weight is 2010 g/mol. The first-order valence-corrected chi connectivity index (χ1v) is 53.1. The monoisotopic (exact) mass is 2010 g/mol. The number of esters is 2. The van der Waals surface area contributed by atoms with Crippen molar-refractivity contribution in [3.05, 3.63) is 286 Å². The molecule has 0 aromatic heterocycles. The van der Waals surface area contributed by atoms with E-state index in [0.29, 0.717) is 84.6 Å². The van der Waals surface area contributed by atoms with Gasteiger partial charge in [-0.15, -0.1) is 0 Å². The number of fused-ring (bicyclic) bond motifs is 4. The van der Waals surface area contributed by atoms with E-state index in [4.69, 9.17) is 9.47 Å². The number of hydrogen-bond acceptors (Lipinski definition) is 18. The van der Waals surface area contributed by atoms with Gasteiger partial charge < -0.3 is 49.9 Å². The van der Waals surface area contributed by atoms with Gasteiger partial charge in [-0.1, -0.05) is 196 Å². The van der Waals surface area contributed by atoms with Crippen LogP contribution in [0.1, 0.15) is 379 Å². The van der Waals surface area contributed by atoms with Gasteiger partial charge in [0.15, 0.2) is 17.7 Å². The molecule has 0 bridgehead atoms. The van der Waals surface area contributed by atoms with Gasteiger partial charge in [0.1, 0.15) is 22.6 Å². The van der Waals surface area contributed by atoms with Crippen LogP contribution in [-0.2, 0) is 57.6 Å². The summed E-state index contributed by atoms with van der Waals surface area (Å²) in [6.45, 7) is 56.8. The Hall–Kier alpha value is -12.6. The molecule has 4 aliphatic carbocycles. The van der Waals surface area contributed by atoms with Crippen LogP contribution in [-0.4, -0.2) is 201 Å². The summed E-state index contributed by atoms with van der Waals surface area (Å²) in [6, 6.07) is 40.1. The first-order chi connectivity index (χ1) is 69.7. The molecular formula is C126H152N6O16. The molecule has 4 heterocycles. The van der Waals surface area contributed by atoms with E-state index in [9.17, 15) is 69.0 Å². The molecule has 8 aromatic rings. The van der Waals surface area contributed by atoms with Crippen LogP contribution in [0.25, 0.3) is 29.4 Å². The summed E-state index contributed by atoms with van der Waals surface area (Å²) in [4.78, 5) is 117. The smallest absolute Gasteiger partial charge is 0.343 e. The number of hydrogen-bond donors (Lipinski definition) is 6. The number of benzene rings is 8. The maximum Gasteiger partial charge on any atom is 0.343 e. The lowest BCUT2D eigenvalue weighted by Gasteiger charge is -2.46. The van der Waals surface area contributed by atoms with Crippen LogP contribution in [0.3, 0.4) is 0 Å². The van der Waals surface area contributed by atoms with Crippen LogP contribution in [0.2, 0.25) is 0 Å². The Morgan fingerprint density at radius 2 is 0.797 bits per heavy atom. The Morgan fingerprint density at radius 3 is 1.25 bits per heavy atom. The fourth-order valence-corrected chi connectivity index (χ4v) is 23.2. The third kappa shape index (κ3) is 24.7. The second-order valence-electron chi connectivity index (χ2n) is 48.0. The van der Waals surface area contributed by atoms with Crippen LogP contribution in [0.15, 0.2) is 164 Å². The van der Waals surface area contributed by atoms with E-state index in [-0.39, 0.29) is 90.2 Å². The van der Waals surface area contributed by atoms with E-state index in [0.717, 1.165) is 167 Å². The van der Waals surface area contributed by atoms with E-state index < -0.39 is 53.8 Å². The number of aliphatic hydroxyl groups is 1. The number of carbonyl (C=O) groups excluding carboxylic acids is 4. The number of ketones is 2. The molecule has 4 aliphatic heterocycles. The van der Waals surface area contributed by atoms with Gasteiger partial charge in [-0.3, -0.25) is 38.8 Å². The third-order valence-corrected chi connectivity index (χ3v) is 33.1. The van der Waals surface area contributed by atoms with Crippen molar-refractivity contribution in [2.75, 3.05) is 101 Å². The van der Waals surface area contributed by atoms with Crippen LogP contribution in [0, 0.1) is 11.8 Å². The number of anilines is 2. The van der Waals surface area contributed by atoms with Gasteiger partial charge in [0.25, 0.3) is 0 Å². The number of ether oxygens (including phenoxy) is 2. The highest BCUT2D eigenvalue weighted by Gasteiger charge is 2.47. The number of piperazine rings is 2. The molecule has 2 unspecified atom stereocenters. The minimum absolute atomic E-state index is 0.00375. The summed E-state index contributed by atoms with van der Waals surface area (Å²) in [7, 11) is 0. The van der Waals surface area contributed by atoms with Gasteiger partial charge in [0, 0.05) is 137 Å². The number of nitrogens with zero attached hydrogens (tertiary/aromatic N) is 6. The van der Waals surface area contributed by atoms with Gasteiger partial charge in [0.05, 0.1) is 30.1 Å². The second-order valence-corrected chi connectivity index (χ2v) is 48.0. The van der Waals surface area contributed by atoms with E-state index in [1.165, 1.54) is 81.2 Å². The van der Waals surface area contributed by atoms with Crippen molar-refractivity contribution in [1.29, 1.82) is 0 Å². The molecule has 2 saturated heterocycles. The van der Waals surface area contributed by atoms with E-state index in [2.05, 4.69) is 228 Å². The molecular weight excluding hydrogens is 1850 g/mol. The molecule has 0 spiro atoms. The molecule has 8 aromatic carbocycles. The Labute approximate surface area is 875 Å². The minimum atomic E-state index is -1.26. The van der Waals surface area contributed by atoms with Crippen molar-refractivity contribution < 1.29 is 78.5 Å². The standard InChI is InChI=1S/C63H75N3O8.C63H77N3O8/c1-40(2)65-31-33-66(34-32-65)51-39-45(37-50-57(51)63(9,10)27-25-61(50,5)6)52(67)19-14-41-11-16-44(17-12-41)59(73)74-54(20-15-42-13-18-47(58(71)72)53(68)35-42)46-36-48(43-21-28-64(29-22-43)30-23-55(69)70)56-49(38-46)60(3,4)24-26-62(56,7)8;1-40(2)65-31-33-66(34-32-65)51-39-46(38-50-57(51)63(9,10)27-25-61(50,5)6)53(68)19-14-41-11-16-44(17-12-41)59(73)74-54-35-42(13-18-47(54)58(71)72)15-20-52(67)45-36-48(43-21-28-64(29-22-43)30-23-55(69)70)56-49(37-45)60(3,4)24-26-62(56,7)8/h11-14,16-19,21,35-40,54,68H,22-34H2,1-10H3,(H,69,70)(H,71,72);11-21,35-40,53,68H,22-34H2,1-10H3,(H,69,70)(H,71,72)/b19-14+;19-14+,20-15+. The normalized spacial score (nSPS) is 19.6. The number of aromatic carboxylic acids is 2. The number of aliphatic hydroxyl groups excluding tert-OH is 1. The first kappa shape index (κ1) is 110. The van der Waals surface area contributed by atoms with Gasteiger partial charge in [0.2, 0.25) is 0 Å². The highest BCUT2D eigenvalue weighted by Crippen LogP contribution is 2.56. The zero-order valence-electron chi connectivity index (χ0n) is 90.5. The Balaban J connectivity index is 0.000000222. The van der Waals surface area contributed by atoms with Crippen molar-refractivity contribution in [3.8, 4) is 23.3 Å². The fourth-order valence-electron chi connectivity index (χ4n) is 23.2. The van der Waals surface area contributed by atoms with Crippen LogP contribution in [0.4, 0.5) is 11.4 Å². The minimum Gasteiger partial charge on any atom is -0.507 e. The number of rotatable bonds is 28. The number of aliphatic carboxylic acids is 2. The summed E-state index contributed by atoms with van der Waals surface area (Å²) in [5.41, 5.74) is 21.3. The lowest BCUT2D eigenvalue weighted by atomic mass is 9.61. The quantitative estimate of drug-likeness (QED) is 0.00873. The van der Waals surface area contributed by atoms with Crippen LogP contribution >= 0.6 is 0 Å². The summed E-state index contributed by atoms with van der Waals surface area (Å²) >= 11 is 0. The zero-order chi connectivity index (χ0) is 107. The van der Waals surface area contributed by atoms with Crippen molar-refractivity contribution >= 4 is 88.1 Å². The molecule has 0 amide bonds. The van der Waals surface area contributed by atoms with Crippen LogP contribution < -0.4 is 14.5 Å². The number of carboxylic acid groups (broad SMARTS) is 4. The Kier molecular flexibility index (Phi) is 32.5. The molecule has 2 fully saturated rings. The number of aromatic hydroxyl groups is 1. The lowest BCUT2D eigenvalue weighted by molar-refractivity contribution is -0.138. The number of phenols is 1. The van der Waals surface area contributed by atoms with Crippen molar-refractivity contribution in [1.82, 2.24) is 19.6 Å². The molecule has 6 N–H and O–H groups in total. The molecule has 0 radical (unpaired) electrons. The molecule has 16 rings (SSSR count). The van der Waals surface area contributed by atoms with Gasteiger partial charge in [-0.2, -0.15) is 0 Å². The van der Waals surface area contributed by atoms with Gasteiger partial charge >= 0.3 is 35.8 Å². The van der Waals surface area contributed by atoms with E-state index >= 15 is 0 Å². The molecule has 0 saturated carbocycles. The van der Waals surface area contributed by atoms with Crippen molar-refractivity contribution in [2.45, 2.75) is 283 Å². The predicted molar refractivity (Wildman–Crippen MR) is 589 cm³/mol. The highest BCUT2D eigenvalue weighted by atomic mass is 16.5. The average Bonchev–Trinajstić information content (AvgIpc) is 0.740. The largest absolute Gasteiger partial charge is 0.507 e. The van der Waals surface area contributed by atoms with Gasteiger partial charge in [-0.05, 0) is 333 Å². The maximum atomic E-state index is 14.3. The molecule has 22 heteroatoms. The summed E-state index contributed by atoms with van der Waals surface area (Å²) in [6.07, 6.45) is 22.3. The topological polar surface area (TPSA) is 296 Å². The highest BCUT2D eigenvalue weighted by molar-refractivity contribution is 6.09. The van der Waals surface area contributed by atoms with E-state index in [1.807, 2.05) is 18.2 Å². The number of allylic oxidation sites excluding steroid dienone is 2. The zero-order valence-corrected chi connectivity index (χ0v) is 90.5. The van der Waals surface area contributed by atoms with Crippen LogP contribution in [0.5, 0.6) is 11.5 Å². The fraction of sp³-hybridized carbons (Fsp3) is 0.460. The number of carboxylic acids is 4. The molecule has 22 nitrogen and oxygen atoms in total. The van der Waals surface area contributed by atoms with E-state index in [1.54, 1.807) is 78.9 Å². The SMILES string of the molecule is CC(C)N1CCN(c2cc(C(=O)/C=C/c3ccc(C(=O)OC(C#Cc4ccc(C(=O)O)c(O)c4)c4cc(C5=CCN(CCC(=O)O)CC5)c5c(c4)C(C)(C)CCC5(C)C)cc3)cc3c2C(C)(C)CCC3(C)C)CC1.CC(C)N1CCN(c2cc(C(O)/C=C/c3ccc(C(=O)Oc4cc(/C=C/C(=O)c5cc(C6=CCN(CCC(=O)O)CC6)c6c(c5)C(C)(C)CCC6(C)C)ccc4C(=O)O)cc3)cc3c2C(C)(C)CCC3(C)C)CC1. The number of carbonyl (C=O) groups is 8. The summed E-state index contributed by atoms with van der Waals surface area (Å²) in [5.74, 6) is -0.147. The molecule has 782 valence electrons. The third-order valence-electron chi connectivity index (χ3n) is 33.1.